The summed E-state index contributed by atoms with van der Waals surface area (Å²) in [5, 5.41) is 47.7. The predicted octanol–water partition coefficient (Wildman–Crippen LogP) is -0.923. The van der Waals surface area contributed by atoms with Crippen molar-refractivity contribution < 1.29 is 35.1 Å². The molecular formula is C14H26O7. The topological polar surface area (TPSA) is 127 Å². The van der Waals surface area contributed by atoms with E-state index < -0.39 is 42.6 Å². The molecule has 0 radical (unpaired) electrons. The molecular weight excluding hydrogens is 280 g/mol. The second kappa shape index (κ2) is 8.77. The van der Waals surface area contributed by atoms with E-state index in [0.29, 0.717) is 6.42 Å². The highest BCUT2D eigenvalue weighted by molar-refractivity contribution is 5.87. The molecule has 21 heavy (non-hydrogen) atoms. The first-order valence-corrected chi connectivity index (χ1v) is 7.49. The minimum Gasteiger partial charge on any atom is -0.387 e. The smallest absolute Gasteiger partial charge is 0.192 e. The molecule has 1 aliphatic heterocycles. The summed E-state index contributed by atoms with van der Waals surface area (Å²) in [6.07, 6.45) is -4.64. The van der Waals surface area contributed by atoms with Gasteiger partial charge in [0, 0.05) is 0 Å². The normalized spacial score (nSPS) is 34.7. The molecule has 0 aliphatic carbocycles. The van der Waals surface area contributed by atoms with Gasteiger partial charge in [0.15, 0.2) is 18.2 Å². The third kappa shape index (κ3) is 4.98. The molecule has 124 valence electrons. The molecule has 1 rings (SSSR count). The Kier molecular flexibility index (Phi) is 7.72. The van der Waals surface area contributed by atoms with Crippen molar-refractivity contribution in [3.63, 3.8) is 0 Å². The van der Waals surface area contributed by atoms with Crippen LogP contribution in [-0.2, 0) is 9.53 Å². The van der Waals surface area contributed by atoms with E-state index >= 15 is 0 Å². The van der Waals surface area contributed by atoms with Gasteiger partial charge < -0.3 is 30.3 Å². The summed E-state index contributed by atoms with van der Waals surface area (Å²) in [6.45, 7) is 2.09. The Morgan fingerprint density at radius 1 is 1.00 bits per heavy atom. The Morgan fingerprint density at radius 3 is 2.24 bits per heavy atom. The molecule has 7 heteroatoms. The molecule has 1 unspecified atom stereocenters. The van der Waals surface area contributed by atoms with E-state index in [1.165, 1.54) is 0 Å². The predicted molar refractivity (Wildman–Crippen MR) is 73.3 cm³/mol. The number of unbranched alkanes of at least 4 members (excludes halogenated alkanes) is 4. The Balaban J connectivity index is 2.45. The molecule has 0 spiro atoms. The molecule has 0 bridgehead atoms. The van der Waals surface area contributed by atoms with Gasteiger partial charge in [-0.1, -0.05) is 39.0 Å². The second-order valence-corrected chi connectivity index (χ2v) is 5.54. The maximum atomic E-state index is 12.0. The Hall–Kier alpha value is -0.570. The monoisotopic (exact) mass is 306 g/mol. The van der Waals surface area contributed by atoms with Gasteiger partial charge in [0.25, 0.3) is 0 Å². The van der Waals surface area contributed by atoms with Crippen LogP contribution in [0.25, 0.3) is 0 Å². The lowest BCUT2D eigenvalue weighted by atomic mass is 9.92. The van der Waals surface area contributed by atoms with Crippen LogP contribution in [0.2, 0.25) is 0 Å². The molecule has 1 heterocycles. The standard InChI is InChI=1S/C14H26O7/c1-2-3-4-5-6-7-8(15)9(16)13-11(18)10(17)12(19)14(20)21-13/h8,10-15,17-20H,2-7H2,1H3/t8?,10-,11-,12+,13+,14-/m0/s1. The number of hydrogen-bond donors (Lipinski definition) is 5. The van der Waals surface area contributed by atoms with Gasteiger partial charge in [-0.3, -0.25) is 4.79 Å². The summed E-state index contributed by atoms with van der Waals surface area (Å²) in [4.78, 5) is 12.0. The molecule has 0 aromatic rings. The highest BCUT2D eigenvalue weighted by Crippen LogP contribution is 2.22. The highest BCUT2D eigenvalue weighted by Gasteiger charge is 2.47. The summed E-state index contributed by atoms with van der Waals surface area (Å²) < 4.78 is 4.80. The van der Waals surface area contributed by atoms with Crippen molar-refractivity contribution in [1.82, 2.24) is 0 Å². The molecule has 7 nitrogen and oxygen atoms in total. The largest absolute Gasteiger partial charge is 0.387 e. The average molecular weight is 306 g/mol. The van der Waals surface area contributed by atoms with Gasteiger partial charge in [0.2, 0.25) is 0 Å². The lowest BCUT2D eigenvalue weighted by Gasteiger charge is -2.38. The number of aliphatic hydroxyl groups excluding tert-OH is 5. The summed E-state index contributed by atoms with van der Waals surface area (Å²) >= 11 is 0. The number of aliphatic hydroxyl groups is 5. The Labute approximate surface area is 124 Å². The number of Topliss-reactive ketones (excluding diaryl/α,β-unsaturated/α-hetero) is 1. The SMILES string of the molecule is CCCCCCCC(O)C(=O)[C@H]1O[C@H](O)[C@H](O)[C@@H](O)[C@@H]1O. The van der Waals surface area contributed by atoms with E-state index in [1.54, 1.807) is 0 Å². The summed E-state index contributed by atoms with van der Waals surface area (Å²) in [5.74, 6) is -0.789. The van der Waals surface area contributed by atoms with E-state index in [2.05, 4.69) is 6.92 Å². The van der Waals surface area contributed by atoms with Crippen molar-refractivity contribution in [2.75, 3.05) is 0 Å². The maximum absolute atomic E-state index is 12.0. The second-order valence-electron chi connectivity index (χ2n) is 5.54. The summed E-state index contributed by atoms with van der Waals surface area (Å²) in [7, 11) is 0. The molecule has 0 aromatic carbocycles. The lowest BCUT2D eigenvalue weighted by molar-refractivity contribution is -0.276. The molecule has 5 N–H and O–H groups in total. The van der Waals surface area contributed by atoms with Crippen molar-refractivity contribution in [1.29, 1.82) is 0 Å². The van der Waals surface area contributed by atoms with Crippen molar-refractivity contribution in [3.8, 4) is 0 Å². The zero-order valence-electron chi connectivity index (χ0n) is 12.3. The minimum atomic E-state index is -1.77. The third-order valence-electron chi connectivity index (χ3n) is 3.78. The van der Waals surface area contributed by atoms with Crippen LogP contribution in [0.15, 0.2) is 0 Å². The fourth-order valence-electron chi connectivity index (χ4n) is 2.37. The van der Waals surface area contributed by atoms with Crippen LogP contribution in [0.3, 0.4) is 0 Å². The fourth-order valence-corrected chi connectivity index (χ4v) is 2.37. The van der Waals surface area contributed by atoms with Crippen molar-refractivity contribution in [3.05, 3.63) is 0 Å². The first kappa shape index (κ1) is 18.5. The van der Waals surface area contributed by atoms with Crippen molar-refractivity contribution in [2.45, 2.75) is 82.3 Å². The van der Waals surface area contributed by atoms with Crippen LogP contribution in [0, 0.1) is 0 Å². The zero-order chi connectivity index (χ0) is 16.0. The minimum absolute atomic E-state index is 0.240. The van der Waals surface area contributed by atoms with Gasteiger partial charge in [-0.2, -0.15) is 0 Å². The molecule has 1 aliphatic rings. The van der Waals surface area contributed by atoms with Gasteiger partial charge in [0.05, 0.1) is 0 Å². The van der Waals surface area contributed by atoms with Crippen LogP contribution in [-0.4, -0.2) is 68.1 Å². The van der Waals surface area contributed by atoms with Crippen LogP contribution >= 0.6 is 0 Å². The number of ether oxygens (including phenoxy) is 1. The number of ketones is 1. The number of carbonyl (C=O) groups is 1. The number of carbonyl (C=O) groups excluding carboxylic acids is 1. The molecule has 0 saturated carbocycles. The molecule has 1 fully saturated rings. The zero-order valence-corrected chi connectivity index (χ0v) is 12.3. The van der Waals surface area contributed by atoms with E-state index in [1.807, 2.05) is 0 Å². The molecule has 0 aromatic heterocycles. The first-order valence-electron chi connectivity index (χ1n) is 7.49. The van der Waals surface area contributed by atoms with Gasteiger partial charge in [-0.05, 0) is 6.42 Å². The summed E-state index contributed by atoms with van der Waals surface area (Å²) in [6, 6.07) is 0. The highest BCUT2D eigenvalue weighted by atomic mass is 16.6. The van der Waals surface area contributed by atoms with Crippen LogP contribution in [0.4, 0.5) is 0 Å². The molecule has 0 amide bonds. The van der Waals surface area contributed by atoms with E-state index in [9.17, 15) is 30.3 Å². The van der Waals surface area contributed by atoms with E-state index in [4.69, 9.17) is 4.74 Å². The van der Waals surface area contributed by atoms with Gasteiger partial charge in [-0.15, -0.1) is 0 Å². The third-order valence-corrected chi connectivity index (χ3v) is 3.78. The van der Waals surface area contributed by atoms with Crippen LogP contribution < -0.4 is 0 Å². The van der Waals surface area contributed by atoms with Gasteiger partial charge >= 0.3 is 0 Å². The summed E-state index contributed by atoms with van der Waals surface area (Å²) in [5.41, 5.74) is 0. The van der Waals surface area contributed by atoms with E-state index in [0.717, 1.165) is 25.7 Å². The Bertz CT molecular complexity index is 322. The average Bonchev–Trinajstić information content (AvgIpc) is 2.47. The number of rotatable bonds is 8. The van der Waals surface area contributed by atoms with Gasteiger partial charge in [-0.25, -0.2) is 0 Å². The quantitative estimate of drug-likeness (QED) is 0.367. The molecule has 6 atom stereocenters. The molecule has 1 saturated heterocycles. The number of hydrogen-bond acceptors (Lipinski definition) is 7. The lowest BCUT2D eigenvalue weighted by Crippen LogP contribution is -2.61. The first-order chi connectivity index (χ1) is 9.90. The van der Waals surface area contributed by atoms with Gasteiger partial charge in [0.1, 0.15) is 24.4 Å². The van der Waals surface area contributed by atoms with Crippen LogP contribution in [0.5, 0.6) is 0 Å². The Morgan fingerprint density at radius 2 is 1.62 bits per heavy atom. The fraction of sp³-hybridized carbons (Fsp3) is 0.929. The van der Waals surface area contributed by atoms with Crippen molar-refractivity contribution in [2.24, 2.45) is 0 Å². The van der Waals surface area contributed by atoms with Crippen molar-refractivity contribution >= 4 is 5.78 Å². The maximum Gasteiger partial charge on any atom is 0.192 e. The van der Waals surface area contributed by atoms with Crippen LogP contribution in [0.1, 0.15) is 45.4 Å². The van der Waals surface area contributed by atoms with E-state index in [-0.39, 0.29) is 6.42 Å².